The van der Waals surface area contributed by atoms with Gasteiger partial charge in [-0.1, -0.05) is 11.3 Å². The van der Waals surface area contributed by atoms with Crippen molar-refractivity contribution in [2.45, 2.75) is 31.8 Å². The molecule has 7 nitrogen and oxygen atoms in total. The Labute approximate surface area is 122 Å². The van der Waals surface area contributed by atoms with E-state index < -0.39 is 0 Å². The zero-order valence-corrected chi connectivity index (χ0v) is 12.3. The highest BCUT2D eigenvalue weighted by atomic mass is 32.1. The topological polar surface area (TPSA) is 118 Å². The summed E-state index contributed by atoms with van der Waals surface area (Å²) in [4.78, 5) is 18.8. The summed E-state index contributed by atoms with van der Waals surface area (Å²) in [5, 5.41) is 12.4. The predicted octanol–water partition coefficient (Wildman–Crippen LogP) is -0.237. The molecule has 1 aliphatic rings. The van der Waals surface area contributed by atoms with Gasteiger partial charge in [0.2, 0.25) is 0 Å². The van der Waals surface area contributed by atoms with Gasteiger partial charge in [0.25, 0.3) is 5.91 Å². The molecule has 6 N–H and O–H groups in total. The first-order valence-electron chi connectivity index (χ1n) is 6.69. The minimum atomic E-state index is -0.240. The van der Waals surface area contributed by atoms with E-state index in [2.05, 4.69) is 15.2 Å². The number of hydrogen-bond donors (Lipinski definition) is 4. The number of aliphatic hydroxyl groups is 1. The summed E-state index contributed by atoms with van der Waals surface area (Å²) in [6.07, 6.45) is 1.44. The average Bonchev–Trinajstić information content (AvgIpc) is 2.95. The maximum Gasteiger partial charge on any atom is 0.265 e. The minimum Gasteiger partial charge on any atom is -0.396 e. The van der Waals surface area contributed by atoms with Gasteiger partial charge in [0.05, 0.1) is 0 Å². The molecule has 2 unspecified atom stereocenters. The van der Waals surface area contributed by atoms with Gasteiger partial charge in [0, 0.05) is 31.8 Å². The molecule has 1 aromatic rings. The number of aliphatic hydroxyl groups excluding tert-OH is 1. The Bertz CT molecular complexity index is 478. The second kappa shape index (κ2) is 6.38. The van der Waals surface area contributed by atoms with Crippen molar-refractivity contribution in [2.75, 3.05) is 30.3 Å². The van der Waals surface area contributed by atoms with Crippen LogP contribution in [0.15, 0.2) is 0 Å². The monoisotopic (exact) mass is 299 g/mol. The van der Waals surface area contributed by atoms with Gasteiger partial charge >= 0.3 is 0 Å². The Hall–Kier alpha value is -1.38. The first-order chi connectivity index (χ1) is 9.51. The first kappa shape index (κ1) is 15.0. The van der Waals surface area contributed by atoms with Crippen LogP contribution in [0.1, 0.15) is 29.4 Å². The molecule has 1 amide bonds. The number of carbonyl (C=O) groups is 1. The number of carbonyl (C=O) groups excluding carboxylic acids is 1. The van der Waals surface area contributed by atoms with Crippen molar-refractivity contribution in [1.29, 1.82) is 0 Å². The van der Waals surface area contributed by atoms with E-state index in [0.29, 0.717) is 11.3 Å². The summed E-state index contributed by atoms with van der Waals surface area (Å²) in [5.41, 5.74) is 11.7. The van der Waals surface area contributed by atoms with Gasteiger partial charge in [-0.25, -0.2) is 4.98 Å². The second-order valence-corrected chi connectivity index (χ2v) is 6.07. The van der Waals surface area contributed by atoms with Crippen LogP contribution in [0.25, 0.3) is 0 Å². The number of nitrogen functional groups attached to an aromatic ring is 1. The van der Waals surface area contributed by atoms with Crippen LogP contribution in [-0.4, -0.2) is 47.8 Å². The third-order valence-electron chi connectivity index (χ3n) is 3.28. The van der Waals surface area contributed by atoms with E-state index in [9.17, 15) is 4.79 Å². The van der Waals surface area contributed by atoms with Crippen LogP contribution in [0.5, 0.6) is 0 Å². The summed E-state index contributed by atoms with van der Waals surface area (Å²) in [6.45, 7) is 3.47. The van der Waals surface area contributed by atoms with Crippen LogP contribution in [0, 0.1) is 0 Å². The lowest BCUT2D eigenvalue weighted by atomic mass is 10.2. The number of aromatic nitrogens is 1. The number of hydrogen-bond acceptors (Lipinski definition) is 7. The van der Waals surface area contributed by atoms with E-state index >= 15 is 0 Å². The maximum absolute atomic E-state index is 12.1. The van der Waals surface area contributed by atoms with Gasteiger partial charge in [-0.05, 0) is 19.8 Å². The van der Waals surface area contributed by atoms with Crippen molar-refractivity contribution < 1.29 is 9.90 Å². The van der Waals surface area contributed by atoms with E-state index in [1.165, 1.54) is 11.3 Å². The number of thiazole rings is 1. The molecule has 112 valence electrons. The van der Waals surface area contributed by atoms with E-state index in [1.807, 2.05) is 6.92 Å². The summed E-state index contributed by atoms with van der Waals surface area (Å²) in [7, 11) is 0. The lowest BCUT2D eigenvalue weighted by molar-refractivity contribution is 0.0939. The smallest absolute Gasteiger partial charge is 0.265 e. The van der Waals surface area contributed by atoms with E-state index in [-0.39, 0.29) is 30.4 Å². The molecule has 1 fully saturated rings. The van der Waals surface area contributed by atoms with Crippen LogP contribution in [0.2, 0.25) is 0 Å². The molecule has 2 heterocycles. The number of anilines is 2. The van der Waals surface area contributed by atoms with E-state index in [4.69, 9.17) is 16.6 Å². The van der Waals surface area contributed by atoms with Crippen molar-refractivity contribution in [1.82, 2.24) is 10.3 Å². The van der Waals surface area contributed by atoms with Gasteiger partial charge in [0.15, 0.2) is 5.13 Å². The second-order valence-electron chi connectivity index (χ2n) is 5.09. The molecule has 1 saturated heterocycles. The first-order valence-corrected chi connectivity index (χ1v) is 7.51. The summed E-state index contributed by atoms with van der Waals surface area (Å²) in [6, 6.07) is 0.0552. The largest absolute Gasteiger partial charge is 0.396 e. The molecule has 1 aliphatic heterocycles. The van der Waals surface area contributed by atoms with Gasteiger partial charge < -0.3 is 26.8 Å². The van der Waals surface area contributed by atoms with Crippen LogP contribution in [0.4, 0.5) is 10.9 Å². The zero-order valence-electron chi connectivity index (χ0n) is 11.5. The molecule has 2 atom stereocenters. The predicted molar refractivity (Wildman–Crippen MR) is 80.0 cm³/mol. The molecule has 0 bridgehead atoms. The molecule has 8 heteroatoms. The number of rotatable bonds is 5. The van der Waals surface area contributed by atoms with Gasteiger partial charge in [-0.3, -0.25) is 4.79 Å². The third kappa shape index (κ3) is 3.38. The van der Waals surface area contributed by atoms with Crippen molar-refractivity contribution >= 4 is 28.2 Å². The number of nitrogens with one attached hydrogen (secondary N) is 1. The molecule has 2 rings (SSSR count). The maximum atomic E-state index is 12.1. The summed E-state index contributed by atoms with van der Waals surface area (Å²) < 4.78 is 0. The summed E-state index contributed by atoms with van der Waals surface area (Å²) in [5.74, 6) is 0.00913. The Balaban J connectivity index is 2.05. The van der Waals surface area contributed by atoms with Crippen molar-refractivity contribution in [3.8, 4) is 0 Å². The highest BCUT2D eigenvalue weighted by molar-refractivity contribution is 7.18. The van der Waals surface area contributed by atoms with Gasteiger partial charge in [0.1, 0.15) is 10.7 Å². The Morgan fingerprint density at radius 3 is 3.05 bits per heavy atom. The molecular formula is C12H21N5O2S. The van der Waals surface area contributed by atoms with E-state index in [1.54, 1.807) is 0 Å². The lowest BCUT2D eigenvalue weighted by Crippen LogP contribution is -2.33. The SMILES string of the molecule is CC(CCO)NC(=O)c1sc(N2CCC(N)C2)nc1N. The fraction of sp³-hybridized carbons (Fsp3) is 0.667. The normalized spacial score (nSPS) is 20.1. The van der Waals surface area contributed by atoms with Crippen LogP contribution in [0.3, 0.4) is 0 Å². The van der Waals surface area contributed by atoms with Crippen molar-refractivity contribution in [3.05, 3.63) is 4.88 Å². The molecule has 0 spiro atoms. The van der Waals surface area contributed by atoms with Crippen LogP contribution in [-0.2, 0) is 0 Å². The molecule has 0 aromatic carbocycles. The molecule has 20 heavy (non-hydrogen) atoms. The standard InChI is InChI=1S/C12H21N5O2S/c1-7(3-5-18)15-11(19)9-10(14)16-12(20-9)17-4-2-8(13)6-17/h7-8,18H,2-6,13-14H2,1H3,(H,15,19). The Morgan fingerprint density at radius 1 is 1.70 bits per heavy atom. The fourth-order valence-corrected chi connectivity index (χ4v) is 3.06. The molecule has 0 aliphatic carbocycles. The van der Waals surface area contributed by atoms with Crippen molar-refractivity contribution in [3.63, 3.8) is 0 Å². The third-order valence-corrected chi connectivity index (χ3v) is 4.41. The lowest BCUT2D eigenvalue weighted by Gasteiger charge is -2.13. The number of nitrogens with zero attached hydrogens (tertiary/aromatic N) is 2. The van der Waals surface area contributed by atoms with Gasteiger partial charge in [-0.2, -0.15) is 0 Å². The molecule has 0 radical (unpaired) electrons. The number of nitrogens with two attached hydrogens (primary N) is 2. The Morgan fingerprint density at radius 2 is 2.45 bits per heavy atom. The highest BCUT2D eigenvalue weighted by Gasteiger charge is 2.25. The average molecular weight is 299 g/mol. The molecular weight excluding hydrogens is 278 g/mol. The van der Waals surface area contributed by atoms with E-state index in [0.717, 1.165) is 24.6 Å². The van der Waals surface area contributed by atoms with Gasteiger partial charge in [-0.15, -0.1) is 0 Å². The number of amides is 1. The quantitative estimate of drug-likeness (QED) is 0.596. The highest BCUT2D eigenvalue weighted by Crippen LogP contribution is 2.30. The summed E-state index contributed by atoms with van der Waals surface area (Å²) >= 11 is 1.29. The minimum absolute atomic E-state index is 0.0382. The van der Waals surface area contributed by atoms with Crippen LogP contribution < -0.4 is 21.7 Å². The zero-order chi connectivity index (χ0) is 14.7. The van der Waals surface area contributed by atoms with Crippen LogP contribution >= 0.6 is 11.3 Å². The van der Waals surface area contributed by atoms with Crippen molar-refractivity contribution in [2.24, 2.45) is 5.73 Å². The fourth-order valence-electron chi connectivity index (χ4n) is 2.13. The molecule has 1 aromatic heterocycles. The Kier molecular flexibility index (Phi) is 4.79. The molecule has 0 saturated carbocycles.